The van der Waals surface area contributed by atoms with E-state index in [4.69, 9.17) is 5.10 Å². The Hall–Kier alpha value is -3.61. The van der Waals surface area contributed by atoms with Gasteiger partial charge in [0.05, 0.1) is 36.8 Å². The largest absolute Gasteiger partial charge is 0.469 e. The van der Waals surface area contributed by atoms with Crippen LogP contribution in [0.15, 0.2) is 65.6 Å². The summed E-state index contributed by atoms with van der Waals surface area (Å²) in [6.07, 6.45) is 1.99. The molecule has 7 heteroatoms. The number of methoxy groups -OCH3 is 1. The highest BCUT2D eigenvalue weighted by atomic mass is 16.5. The number of aromatic amines is 1. The number of hydrogen-bond donors (Lipinski definition) is 1. The highest BCUT2D eigenvalue weighted by Gasteiger charge is 2.18. The maximum atomic E-state index is 12.4. The Labute approximate surface area is 154 Å². The lowest BCUT2D eigenvalue weighted by Crippen LogP contribution is -2.18. The molecule has 3 aromatic heterocycles. The molecule has 3 heterocycles. The molecule has 0 radical (unpaired) electrons. The fraction of sp³-hybridized carbons (Fsp3) is 0.150. The molecule has 0 aliphatic rings. The number of nitrogens with zero attached hydrogens (tertiary/aromatic N) is 3. The Morgan fingerprint density at radius 1 is 1.15 bits per heavy atom. The van der Waals surface area contributed by atoms with E-state index in [2.05, 4.69) is 9.84 Å². The number of carbonyl (C=O) groups excluding carboxylic acids is 1. The fourth-order valence-electron chi connectivity index (χ4n) is 3.10. The Morgan fingerprint density at radius 3 is 2.70 bits per heavy atom. The molecule has 4 aromatic rings. The summed E-state index contributed by atoms with van der Waals surface area (Å²) >= 11 is 0. The number of benzene rings is 1. The van der Waals surface area contributed by atoms with Gasteiger partial charge in [-0.3, -0.25) is 19.4 Å². The molecule has 0 atom stereocenters. The van der Waals surface area contributed by atoms with Gasteiger partial charge in [-0.2, -0.15) is 5.10 Å². The molecule has 0 bridgehead atoms. The quantitative estimate of drug-likeness (QED) is 0.554. The van der Waals surface area contributed by atoms with E-state index in [1.807, 2.05) is 54.7 Å². The van der Waals surface area contributed by atoms with E-state index < -0.39 is 0 Å². The van der Waals surface area contributed by atoms with Crippen molar-refractivity contribution in [2.75, 3.05) is 7.11 Å². The average molecular weight is 362 g/mol. The fourth-order valence-corrected chi connectivity index (χ4v) is 3.10. The lowest BCUT2D eigenvalue weighted by atomic mass is 10.0. The molecule has 1 aromatic carbocycles. The van der Waals surface area contributed by atoms with Crippen molar-refractivity contribution in [1.82, 2.24) is 19.4 Å². The minimum absolute atomic E-state index is 0.122. The van der Waals surface area contributed by atoms with Gasteiger partial charge in [-0.05, 0) is 12.1 Å². The molecule has 0 fully saturated rings. The molecule has 4 rings (SSSR count). The normalized spacial score (nSPS) is 11.0. The van der Waals surface area contributed by atoms with Gasteiger partial charge in [0.1, 0.15) is 5.69 Å². The predicted octanol–water partition coefficient (Wildman–Crippen LogP) is 2.72. The highest BCUT2D eigenvalue weighted by molar-refractivity contribution is 5.90. The summed E-state index contributed by atoms with van der Waals surface area (Å²) in [6.45, 7) is 0.228. The van der Waals surface area contributed by atoms with Gasteiger partial charge < -0.3 is 4.74 Å². The van der Waals surface area contributed by atoms with E-state index in [1.54, 1.807) is 4.52 Å². The lowest BCUT2D eigenvalue weighted by Gasteiger charge is -2.03. The van der Waals surface area contributed by atoms with Gasteiger partial charge in [0.25, 0.3) is 5.56 Å². The van der Waals surface area contributed by atoms with Crippen LogP contribution in [-0.2, 0) is 16.1 Å². The zero-order chi connectivity index (χ0) is 18.8. The van der Waals surface area contributed by atoms with E-state index in [0.717, 1.165) is 22.3 Å². The van der Waals surface area contributed by atoms with Crippen LogP contribution in [0.1, 0.15) is 6.42 Å². The zero-order valence-corrected chi connectivity index (χ0v) is 14.8. The van der Waals surface area contributed by atoms with Gasteiger partial charge in [0.2, 0.25) is 0 Å². The van der Waals surface area contributed by atoms with Crippen molar-refractivity contribution < 1.29 is 9.53 Å². The van der Waals surface area contributed by atoms with E-state index >= 15 is 0 Å². The van der Waals surface area contributed by atoms with Crippen LogP contribution in [0, 0.1) is 0 Å². The summed E-state index contributed by atoms with van der Waals surface area (Å²) < 4.78 is 7.85. The summed E-state index contributed by atoms with van der Waals surface area (Å²) in [7, 11) is 1.33. The third-order valence-electron chi connectivity index (χ3n) is 4.41. The zero-order valence-electron chi connectivity index (χ0n) is 14.8. The number of rotatable bonds is 5. The molecule has 0 saturated carbocycles. The third kappa shape index (κ3) is 3.15. The minimum Gasteiger partial charge on any atom is -0.469 e. The first kappa shape index (κ1) is 16.8. The smallest absolute Gasteiger partial charge is 0.307 e. The maximum Gasteiger partial charge on any atom is 0.307 e. The number of aromatic nitrogens is 4. The maximum absolute atomic E-state index is 12.4. The Balaban J connectivity index is 1.84. The number of fused-ring (bicyclic) bond motifs is 1. The molecule has 0 amide bonds. The van der Waals surface area contributed by atoms with E-state index in [-0.39, 0.29) is 24.5 Å². The number of ether oxygens (including phenoxy) is 1. The number of nitrogens with one attached hydrogen (secondary N) is 1. The van der Waals surface area contributed by atoms with Crippen molar-refractivity contribution in [1.29, 1.82) is 0 Å². The molecule has 27 heavy (non-hydrogen) atoms. The summed E-state index contributed by atoms with van der Waals surface area (Å²) in [5, 5.41) is 7.81. The van der Waals surface area contributed by atoms with Crippen molar-refractivity contribution >= 4 is 11.5 Å². The van der Waals surface area contributed by atoms with Crippen molar-refractivity contribution in [2.24, 2.45) is 0 Å². The molecule has 0 unspecified atom stereocenters. The Bertz CT molecular complexity index is 1150. The van der Waals surface area contributed by atoms with Crippen LogP contribution in [0.2, 0.25) is 0 Å². The van der Waals surface area contributed by atoms with Crippen molar-refractivity contribution in [3.8, 4) is 22.5 Å². The SMILES string of the molecule is COC(=O)CCn1[nH]c(-c2c(-c3ccccc3)nn3ccccc23)cc1=O. The Kier molecular flexibility index (Phi) is 4.33. The number of carbonyl (C=O) groups is 1. The first-order valence-corrected chi connectivity index (χ1v) is 8.57. The minimum atomic E-state index is -0.362. The number of hydrogen-bond acceptors (Lipinski definition) is 4. The molecule has 1 N–H and O–H groups in total. The molecular weight excluding hydrogens is 344 g/mol. The second kappa shape index (κ2) is 6.95. The second-order valence-corrected chi connectivity index (χ2v) is 6.11. The predicted molar refractivity (Wildman–Crippen MR) is 101 cm³/mol. The van der Waals surface area contributed by atoms with Crippen LogP contribution in [0.5, 0.6) is 0 Å². The van der Waals surface area contributed by atoms with Crippen LogP contribution >= 0.6 is 0 Å². The van der Waals surface area contributed by atoms with Crippen LogP contribution in [-0.4, -0.2) is 32.5 Å². The first-order chi connectivity index (χ1) is 13.2. The van der Waals surface area contributed by atoms with E-state index in [9.17, 15) is 9.59 Å². The summed E-state index contributed by atoms with van der Waals surface area (Å²) in [4.78, 5) is 23.8. The van der Waals surface area contributed by atoms with E-state index in [1.165, 1.54) is 17.9 Å². The highest BCUT2D eigenvalue weighted by Crippen LogP contribution is 2.33. The monoisotopic (exact) mass is 362 g/mol. The molecule has 136 valence electrons. The molecule has 7 nitrogen and oxygen atoms in total. The van der Waals surface area contributed by atoms with Crippen LogP contribution in [0.25, 0.3) is 28.0 Å². The molecular formula is C20H18N4O3. The van der Waals surface area contributed by atoms with Crippen molar-refractivity contribution in [2.45, 2.75) is 13.0 Å². The number of pyridine rings is 1. The summed E-state index contributed by atoms with van der Waals surface area (Å²) in [5.74, 6) is -0.362. The summed E-state index contributed by atoms with van der Waals surface area (Å²) in [5.41, 5.74) is 3.92. The standard InChI is InChI=1S/C20H18N4O3/c1-27-18(26)10-12-24-17(25)13-15(21-24)19-16-9-5-6-11-23(16)22-20(19)14-7-3-2-4-8-14/h2-9,11,13,21H,10,12H2,1H3. The first-order valence-electron chi connectivity index (χ1n) is 8.57. The van der Waals surface area contributed by atoms with E-state index in [0.29, 0.717) is 5.69 Å². The lowest BCUT2D eigenvalue weighted by molar-refractivity contribution is -0.140. The van der Waals surface area contributed by atoms with Crippen LogP contribution < -0.4 is 5.56 Å². The molecule has 0 aliphatic heterocycles. The second-order valence-electron chi connectivity index (χ2n) is 6.11. The van der Waals surface area contributed by atoms with Gasteiger partial charge in [-0.25, -0.2) is 4.52 Å². The topological polar surface area (TPSA) is 81.4 Å². The summed E-state index contributed by atoms with van der Waals surface area (Å²) in [6, 6.07) is 17.2. The molecule has 0 saturated heterocycles. The van der Waals surface area contributed by atoms with Gasteiger partial charge in [0, 0.05) is 17.8 Å². The number of H-pyrrole nitrogens is 1. The average Bonchev–Trinajstić information content (AvgIpc) is 3.27. The van der Waals surface area contributed by atoms with Gasteiger partial charge in [-0.15, -0.1) is 0 Å². The molecule has 0 spiro atoms. The third-order valence-corrected chi connectivity index (χ3v) is 4.41. The van der Waals surface area contributed by atoms with Gasteiger partial charge >= 0.3 is 5.97 Å². The van der Waals surface area contributed by atoms with Crippen molar-refractivity contribution in [3.05, 3.63) is 71.1 Å². The van der Waals surface area contributed by atoms with Gasteiger partial charge in [-0.1, -0.05) is 36.4 Å². The van der Waals surface area contributed by atoms with Crippen LogP contribution in [0.3, 0.4) is 0 Å². The Morgan fingerprint density at radius 2 is 1.93 bits per heavy atom. The number of aryl methyl sites for hydroxylation is 1. The molecule has 0 aliphatic carbocycles. The number of esters is 1. The van der Waals surface area contributed by atoms with Crippen molar-refractivity contribution in [3.63, 3.8) is 0 Å². The van der Waals surface area contributed by atoms with Crippen LogP contribution in [0.4, 0.5) is 0 Å². The van der Waals surface area contributed by atoms with Gasteiger partial charge in [0.15, 0.2) is 0 Å².